The number of rotatable bonds is 12. The number of phenolic OH excluding ortho intramolecular Hbond substituents is 6. The van der Waals surface area contributed by atoms with Gasteiger partial charge in [-0.3, -0.25) is 14.4 Å². The van der Waals surface area contributed by atoms with Crippen LogP contribution in [0.2, 0.25) is 0 Å². The standard InChI is InChI=1S/C36H45N3O15/c1-4-22(37-28(46)16-10-7-13-19(40)25(16)43)34(52)31(49)35(53,23(5-2)38-29(47)17-11-8-14-20(41)26(17)44)33(51)36(54,32(34)50)24(6-3)39-30(48)18-12-9-15-21(42)27(18)45/h7-15,22-24,31-33,40-45,49-54H,4-6H2,1-3H3,(H,37,46)(H,38,47)(H,39,48). The van der Waals surface area contributed by atoms with Crippen molar-refractivity contribution >= 4 is 17.7 Å². The summed E-state index contributed by atoms with van der Waals surface area (Å²) in [6, 6.07) is 4.39. The summed E-state index contributed by atoms with van der Waals surface area (Å²) in [4.78, 5) is 40.3. The van der Waals surface area contributed by atoms with E-state index in [1.807, 2.05) is 0 Å². The van der Waals surface area contributed by atoms with Gasteiger partial charge >= 0.3 is 0 Å². The van der Waals surface area contributed by atoms with Crippen LogP contribution in [0.15, 0.2) is 54.6 Å². The van der Waals surface area contributed by atoms with Crippen molar-refractivity contribution in [1.29, 1.82) is 0 Å². The summed E-state index contributed by atoms with van der Waals surface area (Å²) in [5.74, 6) is -8.26. The zero-order chi connectivity index (χ0) is 40.5. The Kier molecular flexibility index (Phi) is 11.9. The van der Waals surface area contributed by atoms with E-state index in [0.29, 0.717) is 0 Å². The Labute approximate surface area is 308 Å². The van der Waals surface area contributed by atoms with Gasteiger partial charge in [0.15, 0.2) is 34.5 Å². The summed E-state index contributed by atoms with van der Waals surface area (Å²) < 4.78 is 0. The van der Waals surface area contributed by atoms with Gasteiger partial charge in [0, 0.05) is 0 Å². The van der Waals surface area contributed by atoms with Crippen molar-refractivity contribution in [3.63, 3.8) is 0 Å². The molecule has 0 spiro atoms. The molecule has 1 saturated carbocycles. The second-order valence-corrected chi connectivity index (χ2v) is 13.2. The number of aliphatic hydroxyl groups excluding tert-OH is 3. The number of carbonyl (C=O) groups excluding carboxylic acids is 3. The number of phenols is 6. The topological polar surface area (TPSA) is 330 Å². The van der Waals surface area contributed by atoms with Crippen LogP contribution in [0.1, 0.15) is 71.1 Å². The average Bonchev–Trinajstić information content (AvgIpc) is 3.15. The lowest BCUT2D eigenvalue weighted by Gasteiger charge is -2.63. The van der Waals surface area contributed by atoms with Gasteiger partial charge in [0.25, 0.3) is 17.7 Å². The van der Waals surface area contributed by atoms with E-state index in [1.165, 1.54) is 39.0 Å². The zero-order valence-corrected chi connectivity index (χ0v) is 29.4. The fourth-order valence-corrected chi connectivity index (χ4v) is 7.19. The molecule has 1 fully saturated rings. The maximum Gasteiger partial charge on any atom is 0.255 e. The van der Waals surface area contributed by atoms with Crippen LogP contribution in [-0.4, -0.2) is 132 Å². The third-order valence-corrected chi connectivity index (χ3v) is 10.2. The molecule has 15 N–H and O–H groups in total. The highest BCUT2D eigenvalue weighted by Crippen LogP contribution is 2.48. The highest BCUT2D eigenvalue weighted by molar-refractivity contribution is 5.99. The Balaban J connectivity index is 1.90. The van der Waals surface area contributed by atoms with Crippen LogP contribution in [-0.2, 0) is 0 Å². The largest absolute Gasteiger partial charge is 0.504 e. The highest BCUT2D eigenvalue weighted by atomic mass is 16.4. The van der Waals surface area contributed by atoms with Crippen molar-refractivity contribution in [2.24, 2.45) is 0 Å². The Bertz CT molecular complexity index is 1660. The zero-order valence-electron chi connectivity index (χ0n) is 29.4. The molecule has 3 unspecified atom stereocenters. The van der Waals surface area contributed by atoms with Gasteiger partial charge in [-0.15, -0.1) is 0 Å². The molecule has 0 saturated heterocycles. The molecule has 1 aliphatic carbocycles. The molecule has 18 nitrogen and oxygen atoms in total. The van der Waals surface area contributed by atoms with Crippen molar-refractivity contribution in [3.8, 4) is 34.5 Å². The third-order valence-electron chi connectivity index (χ3n) is 10.2. The molecule has 3 aromatic carbocycles. The maximum atomic E-state index is 13.4. The number of amides is 3. The van der Waals surface area contributed by atoms with Crippen LogP contribution in [0.4, 0.5) is 0 Å². The fraction of sp³-hybridized carbons (Fsp3) is 0.417. The molecule has 0 radical (unpaired) electrons. The summed E-state index contributed by atoms with van der Waals surface area (Å²) in [5, 5.41) is 141. The van der Waals surface area contributed by atoms with Crippen LogP contribution in [0.5, 0.6) is 34.5 Å². The summed E-state index contributed by atoms with van der Waals surface area (Å²) in [6.07, 6.45) is -9.57. The van der Waals surface area contributed by atoms with Gasteiger partial charge in [-0.25, -0.2) is 0 Å². The number of carbonyl (C=O) groups is 3. The lowest BCUT2D eigenvalue weighted by molar-refractivity contribution is -0.352. The number of para-hydroxylation sites is 3. The Hall–Kier alpha value is -5.37. The molecule has 1 aliphatic rings. The van der Waals surface area contributed by atoms with Crippen LogP contribution in [0.3, 0.4) is 0 Å². The smallest absolute Gasteiger partial charge is 0.255 e. The number of aliphatic hydroxyl groups is 6. The van der Waals surface area contributed by atoms with Crippen molar-refractivity contribution in [3.05, 3.63) is 71.3 Å². The number of benzene rings is 3. The van der Waals surface area contributed by atoms with Crippen molar-refractivity contribution in [1.82, 2.24) is 16.0 Å². The van der Waals surface area contributed by atoms with E-state index in [9.17, 15) is 75.7 Å². The summed E-state index contributed by atoms with van der Waals surface area (Å²) in [7, 11) is 0. The molecule has 4 rings (SSSR count). The molecule has 18 heteroatoms. The first kappa shape index (κ1) is 41.4. The van der Waals surface area contributed by atoms with Crippen molar-refractivity contribution in [2.45, 2.75) is 93.3 Å². The van der Waals surface area contributed by atoms with Crippen LogP contribution >= 0.6 is 0 Å². The minimum Gasteiger partial charge on any atom is -0.504 e. The lowest BCUT2D eigenvalue weighted by Crippen LogP contribution is -2.90. The van der Waals surface area contributed by atoms with Crippen LogP contribution in [0.25, 0.3) is 0 Å². The minimum absolute atomic E-state index is 0.404. The Morgan fingerprint density at radius 3 is 0.926 bits per heavy atom. The van der Waals surface area contributed by atoms with Gasteiger partial charge in [0.05, 0.1) is 34.8 Å². The SMILES string of the molecule is CCC(NC(=O)c1cccc(O)c1O)C1(O)C(O)C(O)(C(CC)NC(=O)c2cccc(O)c2O)C(O)C(O)(C(CC)NC(=O)c2cccc(O)c2O)C1O. The predicted molar refractivity (Wildman–Crippen MR) is 187 cm³/mol. The lowest BCUT2D eigenvalue weighted by atomic mass is 9.55. The molecule has 3 atom stereocenters. The molecule has 294 valence electrons. The summed E-state index contributed by atoms with van der Waals surface area (Å²) in [5.41, 5.74) is -11.5. The predicted octanol–water partition coefficient (Wildman–Crippen LogP) is -0.865. The van der Waals surface area contributed by atoms with Gasteiger partial charge in [0.2, 0.25) is 0 Å². The van der Waals surface area contributed by atoms with Crippen molar-refractivity contribution in [2.75, 3.05) is 0 Å². The second kappa shape index (κ2) is 15.5. The molecule has 54 heavy (non-hydrogen) atoms. The molecule has 0 bridgehead atoms. The molecule has 3 amide bonds. The summed E-state index contributed by atoms with van der Waals surface area (Å²) >= 11 is 0. The van der Waals surface area contributed by atoms with E-state index < -0.39 is 141 Å². The van der Waals surface area contributed by atoms with Gasteiger partial charge in [0.1, 0.15) is 35.1 Å². The second-order valence-electron chi connectivity index (χ2n) is 13.2. The van der Waals surface area contributed by atoms with E-state index >= 15 is 0 Å². The van der Waals surface area contributed by atoms with Gasteiger partial charge in [-0.2, -0.15) is 0 Å². The number of aromatic hydroxyl groups is 6. The third kappa shape index (κ3) is 6.67. The Morgan fingerprint density at radius 2 is 0.722 bits per heavy atom. The molecular weight excluding hydrogens is 714 g/mol. The normalized spacial score (nSPS) is 26.9. The van der Waals surface area contributed by atoms with E-state index in [4.69, 9.17) is 0 Å². The van der Waals surface area contributed by atoms with Crippen LogP contribution in [0, 0.1) is 0 Å². The van der Waals surface area contributed by atoms with Crippen molar-refractivity contribution < 1.29 is 75.7 Å². The Morgan fingerprint density at radius 1 is 0.500 bits per heavy atom. The van der Waals surface area contributed by atoms with Crippen LogP contribution < -0.4 is 16.0 Å². The first-order valence-electron chi connectivity index (χ1n) is 16.9. The number of hydrogen-bond donors (Lipinski definition) is 15. The fourth-order valence-electron chi connectivity index (χ4n) is 7.19. The maximum absolute atomic E-state index is 13.4. The van der Waals surface area contributed by atoms with E-state index in [2.05, 4.69) is 16.0 Å². The molecular formula is C36H45N3O15. The molecule has 0 aromatic heterocycles. The van der Waals surface area contributed by atoms with E-state index in [-0.39, 0.29) is 0 Å². The number of hydrogen-bond acceptors (Lipinski definition) is 15. The number of nitrogens with one attached hydrogen (secondary N) is 3. The minimum atomic E-state index is -3.31. The molecule has 3 aromatic rings. The summed E-state index contributed by atoms with van der Waals surface area (Å²) in [6.45, 7) is 4.05. The first-order valence-corrected chi connectivity index (χ1v) is 16.9. The van der Waals surface area contributed by atoms with Gasteiger partial charge in [-0.05, 0) is 55.7 Å². The van der Waals surface area contributed by atoms with E-state index in [1.54, 1.807) is 0 Å². The first-order chi connectivity index (χ1) is 25.3. The average molecular weight is 760 g/mol. The molecule has 0 heterocycles. The monoisotopic (exact) mass is 759 g/mol. The highest BCUT2D eigenvalue weighted by Gasteiger charge is 2.75. The quantitative estimate of drug-likeness (QED) is 0.0999. The van der Waals surface area contributed by atoms with E-state index in [0.717, 1.165) is 36.4 Å². The van der Waals surface area contributed by atoms with Gasteiger partial charge in [-0.1, -0.05) is 39.0 Å². The van der Waals surface area contributed by atoms with Gasteiger partial charge < -0.3 is 77.2 Å². The molecule has 0 aliphatic heterocycles.